The molecule has 2 aromatic carbocycles. The minimum Gasteiger partial charge on any atom is -0.371 e. The number of hydrogen-bond donors (Lipinski definition) is 2. The lowest BCUT2D eigenvalue weighted by molar-refractivity contribution is -0.127. The second-order valence-electron chi connectivity index (χ2n) is 9.52. The minimum atomic E-state index is -0.194. The van der Waals surface area contributed by atoms with Crippen molar-refractivity contribution in [3.8, 4) is 0 Å². The zero-order valence-electron chi connectivity index (χ0n) is 19.0. The van der Waals surface area contributed by atoms with Gasteiger partial charge < -0.3 is 15.5 Å². The normalized spacial score (nSPS) is 15.1. The summed E-state index contributed by atoms with van der Waals surface area (Å²) in [6.45, 7) is 8.47. The van der Waals surface area contributed by atoms with E-state index in [4.69, 9.17) is 16.6 Å². The van der Waals surface area contributed by atoms with Crippen molar-refractivity contribution in [2.75, 3.05) is 23.3 Å². The first-order chi connectivity index (χ1) is 15.3. The van der Waals surface area contributed by atoms with Gasteiger partial charge in [0.1, 0.15) is 5.82 Å². The fourth-order valence-electron chi connectivity index (χ4n) is 4.16. The molecule has 168 valence electrons. The molecule has 1 aliphatic rings. The molecule has 0 spiro atoms. The Morgan fingerprint density at radius 1 is 1.09 bits per heavy atom. The number of para-hydroxylation sites is 1. The van der Waals surface area contributed by atoms with E-state index < -0.39 is 0 Å². The predicted octanol–water partition coefficient (Wildman–Crippen LogP) is 5.63. The molecule has 1 amide bonds. The third-order valence-electron chi connectivity index (χ3n) is 5.79. The highest BCUT2D eigenvalue weighted by Crippen LogP contribution is 2.32. The van der Waals surface area contributed by atoms with Crippen LogP contribution in [-0.4, -0.2) is 29.5 Å². The van der Waals surface area contributed by atoms with Crippen LogP contribution in [0.25, 0.3) is 10.9 Å². The number of piperidine rings is 1. The number of anilines is 2. The van der Waals surface area contributed by atoms with Crippen molar-refractivity contribution in [3.63, 3.8) is 0 Å². The van der Waals surface area contributed by atoms with Gasteiger partial charge in [0.05, 0.1) is 5.52 Å². The monoisotopic (exact) mass is 450 g/mol. The van der Waals surface area contributed by atoms with Crippen LogP contribution in [-0.2, 0) is 11.3 Å². The molecule has 32 heavy (non-hydrogen) atoms. The zero-order valence-corrected chi connectivity index (χ0v) is 19.7. The summed E-state index contributed by atoms with van der Waals surface area (Å²) in [5.74, 6) is 1.09. The van der Waals surface area contributed by atoms with Crippen LogP contribution >= 0.6 is 11.6 Å². The maximum atomic E-state index is 12.6. The molecule has 6 heteroatoms. The Bertz CT molecular complexity index is 1080. The fourth-order valence-corrected chi connectivity index (χ4v) is 4.28. The highest BCUT2D eigenvalue weighted by Gasteiger charge is 2.28. The largest absolute Gasteiger partial charge is 0.371 e. The molecule has 2 heterocycles. The summed E-state index contributed by atoms with van der Waals surface area (Å²) in [6, 6.07) is 18.2. The van der Waals surface area contributed by atoms with E-state index in [0.717, 1.165) is 53.2 Å². The molecule has 0 radical (unpaired) electrons. The van der Waals surface area contributed by atoms with E-state index >= 15 is 0 Å². The Hall–Kier alpha value is -2.79. The first kappa shape index (κ1) is 22.4. The molecule has 3 aromatic rings. The van der Waals surface area contributed by atoms with Gasteiger partial charge in [-0.3, -0.25) is 4.79 Å². The molecule has 0 atom stereocenters. The van der Waals surface area contributed by atoms with Crippen LogP contribution in [0.1, 0.15) is 39.2 Å². The minimum absolute atomic E-state index is 0.0704. The number of fused-ring (bicyclic) bond motifs is 1. The van der Waals surface area contributed by atoms with Gasteiger partial charge in [-0.15, -0.1) is 0 Å². The number of benzene rings is 2. The highest BCUT2D eigenvalue weighted by atomic mass is 35.5. The maximum absolute atomic E-state index is 12.6. The summed E-state index contributed by atoms with van der Waals surface area (Å²) in [6.07, 6.45) is 1.71. The van der Waals surface area contributed by atoms with Gasteiger partial charge >= 0.3 is 0 Å². The average Bonchev–Trinajstić information content (AvgIpc) is 2.77. The molecule has 0 unspecified atom stereocenters. The molecular weight excluding hydrogens is 420 g/mol. The number of aromatic nitrogens is 1. The Kier molecular flexibility index (Phi) is 6.56. The number of pyridine rings is 1. The highest BCUT2D eigenvalue weighted by molar-refractivity contribution is 6.30. The second-order valence-corrected chi connectivity index (χ2v) is 9.96. The number of nitrogens with one attached hydrogen (secondary N) is 2. The van der Waals surface area contributed by atoms with Crippen LogP contribution in [0.5, 0.6) is 0 Å². The zero-order chi connectivity index (χ0) is 22.7. The number of carbonyl (C=O) groups excluding carboxylic acids is 1. The SMILES string of the molecule is CC(C)(C)NC(=O)C1CCN(c2cc(NCc3ccc(Cl)cc3)nc3ccccc23)CC1. The van der Waals surface area contributed by atoms with Crippen molar-refractivity contribution in [2.45, 2.75) is 45.7 Å². The Morgan fingerprint density at radius 3 is 2.47 bits per heavy atom. The summed E-state index contributed by atoms with van der Waals surface area (Å²) in [5, 5.41) is 8.47. The van der Waals surface area contributed by atoms with Gasteiger partial charge in [-0.05, 0) is 57.4 Å². The van der Waals surface area contributed by atoms with Gasteiger partial charge in [0.2, 0.25) is 5.91 Å². The molecule has 1 aromatic heterocycles. The van der Waals surface area contributed by atoms with E-state index in [9.17, 15) is 4.79 Å². The Labute approximate surface area is 195 Å². The predicted molar refractivity (Wildman–Crippen MR) is 133 cm³/mol. The van der Waals surface area contributed by atoms with Crippen LogP contribution in [0.3, 0.4) is 0 Å². The third-order valence-corrected chi connectivity index (χ3v) is 6.04. The van der Waals surface area contributed by atoms with Crippen LogP contribution < -0.4 is 15.5 Å². The fraction of sp³-hybridized carbons (Fsp3) is 0.385. The molecular formula is C26H31ClN4O. The smallest absolute Gasteiger partial charge is 0.223 e. The van der Waals surface area contributed by atoms with Gasteiger partial charge in [0.25, 0.3) is 0 Å². The van der Waals surface area contributed by atoms with Crippen molar-refractivity contribution in [3.05, 3.63) is 65.2 Å². The second kappa shape index (κ2) is 9.37. The Morgan fingerprint density at radius 2 is 1.78 bits per heavy atom. The van der Waals surface area contributed by atoms with Gasteiger partial charge in [-0.2, -0.15) is 0 Å². The number of rotatable bonds is 5. The number of nitrogens with zero attached hydrogens (tertiary/aromatic N) is 2. The van der Waals surface area contributed by atoms with Crippen molar-refractivity contribution in [2.24, 2.45) is 5.92 Å². The van der Waals surface area contributed by atoms with E-state index in [1.54, 1.807) is 0 Å². The first-order valence-corrected chi connectivity index (χ1v) is 11.6. The van der Waals surface area contributed by atoms with Gasteiger partial charge in [0, 0.05) is 53.3 Å². The molecule has 1 aliphatic heterocycles. The standard InChI is InChI=1S/C26H31ClN4O/c1-26(2,3)30-25(32)19-12-14-31(15-13-19)23-16-24(29-22-7-5-4-6-21(22)23)28-17-18-8-10-20(27)11-9-18/h4-11,16,19H,12-15,17H2,1-3H3,(H,28,29)(H,30,32). The van der Waals surface area contributed by atoms with Crippen LogP contribution in [0.2, 0.25) is 5.02 Å². The van der Waals surface area contributed by atoms with Crippen molar-refractivity contribution >= 4 is 39.9 Å². The molecule has 1 fully saturated rings. The Balaban J connectivity index is 1.50. The van der Waals surface area contributed by atoms with Gasteiger partial charge in [-0.25, -0.2) is 4.98 Å². The summed E-state index contributed by atoms with van der Waals surface area (Å²) >= 11 is 6.00. The number of carbonyl (C=O) groups is 1. The maximum Gasteiger partial charge on any atom is 0.223 e. The quantitative estimate of drug-likeness (QED) is 0.528. The van der Waals surface area contributed by atoms with E-state index in [2.05, 4.69) is 39.8 Å². The van der Waals surface area contributed by atoms with E-state index in [1.165, 1.54) is 5.69 Å². The molecule has 4 rings (SSSR count). The van der Waals surface area contributed by atoms with Crippen molar-refractivity contribution in [1.82, 2.24) is 10.3 Å². The number of hydrogen-bond acceptors (Lipinski definition) is 4. The lowest BCUT2D eigenvalue weighted by atomic mass is 9.94. The van der Waals surface area contributed by atoms with Gasteiger partial charge in [0.15, 0.2) is 0 Å². The first-order valence-electron chi connectivity index (χ1n) is 11.2. The molecule has 1 saturated heterocycles. The third kappa shape index (κ3) is 5.52. The van der Waals surface area contributed by atoms with E-state index in [0.29, 0.717) is 6.54 Å². The van der Waals surface area contributed by atoms with Crippen molar-refractivity contribution in [1.29, 1.82) is 0 Å². The molecule has 0 bridgehead atoms. The molecule has 0 saturated carbocycles. The van der Waals surface area contributed by atoms with Gasteiger partial charge in [-0.1, -0.05) is 41.9 Å². The van der Waals surface area contributed by atoms with Crippen LogP contribution in [0, 0.1) is 5.92 Å². The lowest BCUT2D eigenvalue weighted by Gasteiger charge is -2.35. The van der Waals surface area contributed by atoms with E-state index in [-0.39, 0.29) is 17.4 Å². The summed E-state index contributed by atoms with van der Waals surface area (Å²) in [4.78, 5) is 19.8. The number of amides is 1. The number of halogens is 1. The summed E-state index contributed by atoms with van der Waals surface area (Å²) in [5.41, 5.74) is 3.09. The summed E-state index contributed by atoms with van der Waals surface area (Å²) in [7, 11) is 0. The van der Waals surface area contributed by atoms with Crippen LogP contribution in [0.15, 0.2) is 54.6 Å². The van der Waals surface area contributed by atoms with Crippen molar-refractivity contribution < 1.29 is 4.79 Å². The lowest BCUT2D eigenvalue weighted by Crippen LogP contribution is -2.47. The summed E-state index contributed by atoms with van der Waals surface area (Å²) < 4.78 is 0. The van der Waals surface area contributed by atoms with Crippen LogP contribution in [0.4, 0.5) is 11.5 Å². The topological polar surface area (TPSA) is 57.3 Å². The van der Waals surface area contributed by atoms with E-state index in [1.807, 2.05) is 51.1 Å². The average molecular weight is 451 g/mol. The molecule has 2 N–H and O–H groups in total. The molecule has 0 aliphatic carbocycles. The molecule has 5 nitrogen and oxygen atoms in total.